The van der Waals surface area contributed by atoms with Crippen molar-refractivity contribution in [3.05, 3.63) is 68.7 Å². The van der Waals surface area contributed by atoms with Gasteiger partial charge >= 0.3 is 5.69 Å². The third-order valence-electron chi connectivity index (χ3n) is 3.24. The molecule has 25 heavy (non-hydrogen) atoms. The van der Waals surface area contributed by atoms with Gasteiger partial charge in [-0.3, -0.25) is 14.9 Å². The summed E-state index contributed by atoms with van der Waals surface area (Å²) in [5.41, 5.74) is 3.65. The van der Waals surface area contributed by atoms with E-state index in [2.05, 4.69) is 10.5 Å². The maximum Gasteiger partial charge on any atom is 0.311 e. The van der Waals surface area contributed by atoms with E-state index in [9.17, 15) is 14.9 Å². The third-order valence-corrected chi connectivity index (χ3v) is 3.47. The van der Waals surface area contributed by atoms with Crippen LogP contribution in [0.4, 0.5) is 5.69 Å². The highest BCUT2D eigenvalue weighted by Gasteiger charge is 2.16. The van der Waals surface area contributed by atoms with E-state index in [4.69, 9.17) is 16.3 Å². The number of rotatable bonds is 7. The topological polar surface area (TPSA) is 93.8 Å². The number of nitro groups is 1. The molecule has 1 amide bonds. The van der Waals surface area contributed by atoms with E-state index in [1.165, 1.54) is 18.3 Å². The van der Waals surface area contributed by atoms with Crippen molar-refractivity contribution in [2.24, 2.45) is 5.10 Å². The number of carbonyl (C=O) groups is 1. The van der Waals surface area contributed by atoms with E-state index in [1.54, 1.807) is 30.3 Å². The number of amides is 1. The normalized spacial score (nSPS) is 10.6. The summed E-state index contributed by atoms with van der Waals surface area (Å²) in [5, 5.41) is 15.4. The number of aryl methyl sites for hydroxylation is 1. The summed E-state index contributed by atoms with van der Waals surface area (Å²) in [6.45, 7) is 1.50. The van der Waals surface area contributed by atoms with Crippen LogP contribution >= 0.6 is 11.6 Å². The maximum absolute atomic E-state index is 11.7. The van der Waals surface area contributed by atoms with Crippen LogP contribution in [0.2, 0.25) is 5.02 Å². The highest BCUT2D eigenvalue weighted by atomic mass is 35.5. The van der Waals surface area contributed by atoms with Crippen molar-refractivity contribution in [2.75, 3.05) is 6.61 Å². The van der Waals surface area contributed by atoms with Crippen LogP contribution in [0.5, 0.6) is 5.75 Å². The smallest absolute Gasteiger partial charge is 0.311 e. The molecule has 2 rings (SSSR count). The first-order valence-corrected chi connectivity index (χ1v) is 7.85. The zero-order valence-corrected chi connectivity index (χ0v) is 14.2. The summed E-state index contributed by atoms with van der Waals surface area (Å²) in [5.74, 6) is -0.497. The largest absolute Gasteiger partial charge is 0.477 e. The van der Waals surface area contributed by atoms with Crippen LogP contribution < -0.4 is 10.2 Å². The second kappa shape index (κ2) is 8.79. The van der Waals surface area contributed by atoms with Gasteiger partial charge in [0, 0.05) is 11.1 Å². The molecule has 130 valence electrons. The number of benzene rings is 2. The molecule has 0 aliphatic carbocycles. The van der Waals surface area contributed by atoms with Crippen molar-refractivity contribution in [3.8, 4) is 5.75 Å². The number of nitro benzene ring substituents is 1. The van der Waals surface area contributed by atoms with Crippen molar-refractivity contribution < 1.29 is 14.5 Å². The Morgan fingerprint density at radius 3 is 2.84 bits per heavy atom. The molecule has 0 heterocycles. The average molecular weight is 362 g/mol. The molecule has 0 fully saturated rings. The van der Waals surface area contributed by atoms with Gasteiger partial charge < -0.3 is 4.74 Å². The van der Waals surface area contributed by atoms with Crippen LogP contribution in [0, 0.1) is 10.1 Å². The van der Waals surface area contributed by atoms with E-state index in [0.717, 1.165) is 11.1 Å². The highest BCUT2D eigenvalue weighted by Crippen LogP contribution is 2.28. The summed E-state index contributed by atoms with van der Waals surface area (Å²) in [6.07, 6.45) is 2.10. The molecule has 1 N–H and O–H groups in total. The fourth-order valence-corrected chi connectivity index (χ4v) is 2.19. The second-order valence-corrected chi connectivity index (χ2v) is 5.49. The molecule has 0 unspecified atom stereocenters. The third kappa shape index (κ3) is 5.58. The van der Waals surface area contributed by atoms with Crippen LogP contribution in [0.25, 0.3) is 0 Å². The number of ether oxygens (including phenoxy) is 1. The van der Waals surface area contributed by atoms with Gasteiger partial charge in [-0.05, 0) is 35.7 Å². The molecule has 2 aromatic carbocycles. The first kappa shape index (κ1) is 18.4. The average Bonchev–Trinajstić information content (AvgIpc) is 2.59. The monoisotopic (exact) mass is 361 g/mol. The van der Waals surface area contributed by atoms with E-state index >= 15 is 0 Å². The summed E-state index contributed by atoms with van der Waals surface area (Å²) in [7, 11) is 0. The van der Waals surface area contributed by atoms with Gasteiger partial charge in [0.2, 0.25) is 0 Å². The number of nitrogens with one attached hydrogen (secondary N) is 1. The first-order valence-electron chi connectivity index (χ1n) is 7.47. The van der Waals surface area contributed by atoms with Gasteiger partial charge in [-0.1, -0.05) is 36.7 Å². The standard InChI is InChI=1S/C17H16ClN3O4/c1-2-12-6-7-16(15(9-12)21(23)24)25-11-17(22)20-19-10-13-4-3-5-14(18)8-13/h3-10H,2,11H2,1H3,(H,20,22)/b19-10+. The minimum Gasteiger partial charge on any atom is -0.477 e. The maximum atomic E-state index is 11.7. The Balaban J connectivity index is 1.93. The number of carbonyl (C=O) groups excluding carboxylic acids is 1. The number of halogens is 1. The van der Waals surface area contributed by atoms with Gasteiger partial charge in [0.25, 0.3) is 5.91 Å². The summed E-state index contributed by atoms with van der Waals surface area (Å²) < 4.78 is 5.23. The number of hydrazone groups is 1. The number of hydrogen-bond donors (Lipinski definition) is 1. The molecular weight excluding hydrogens is 346 g/mol. The van der Waals surface area contributed by atoms with E-state index in [-0.39, 0.29) is 18.0 Å². The molecule has 0 aliphatic rings. The molecule has 7 nitrogen and oxygen atoms in total. The van der Waals surface area contributed by atoms with Gasteiger partial charge in [0.05, 0.1) is 11.1 Å². The fraction of sp³-hybridized carbons (Fsp3) is 0.176. The molecular formula is C17H16ClN3O4. The highest BCUT2D eigenvalue weighted by molar-refractivity contribution is 6.30. The minimum atomic E-state index is -0.538. The second-order valence-electron chi connectivity index (χ2n) is 5.05. The van der Waals surface area contributed by atoms with Gasteiger partial charge in [0.15, 0.2) is 12.4 Å². The summed E-state index contributed by atoms with van der Waals surface area (Å²) in [6, 6.07) is 11.6. The predicted molar refractivity (Wildman–Crippen MR) is 95.2 cm³/mol. The van der Waals surface area contributed by atoms with Crippen LogP contribution in [-0.4, -0.2) is 23.7 Å². The van der Waals surface area contributed by atoms with Crippen molar-refractivity contribution in [1.82, 2.24) is 5.43 Å². The van der Waals surface area contributed by atoms with Crippen LogP contribution in [0.1, 0.15) is 18.1 Å². The number of hydrogen-bond acceptors (Lipinski definition) is 5. The molecule has 0 spiro atoms. The molecule has 0 bridgehead atoms. The Morgan fingerprint density at radius 2 is 2.16 bits per heavy atom. The van der Waals surface area contributed by atoms with Gasteiger partial charge in [-0.2, -0.15) is 5.10 Å². The number of nitrogens with zero attached hydrogens (tertiary/aromatic N) is 2. The molecule has 0 aliphatic heterocycles. The Morgan fingerprint density at radius 1 is 1.36 bits per heavy atom. The van der Waals surface area contributed by atoms with Crippen molar-refractivity contribution in [3.63, 3.8) is 0 Å². The lowest BCUT2D eigenvalue weighted by molar-refractivity contribution is -0.385. The predicted octanol–water partition coefficient (Wildman–Crippen LogP) is 3.34. The molecule has 0 atom stereocenters. The van der Waals surface area contributed by atoms with Gasteiger partial charge in [-0.15, -0.1) is 0 Å². The lowest BCUT2D eigenvalue weighted by Gasteiger charge is -2.07. The first-order chi connectivity index (χ1) is 12.0. The van der Waals surface area contributed by atoms with Crippen molar-refractivity contribution >= 4 is 29.4 Å². The lowest BCUT2D eigenvalue weighted by atomic mass is 10.1. The molecule has 2 aromatic rings. The van der Waals surface area contributed by atoms with E-state index < -0.39 is 10.8 Å². The van der Waals surface area contributed by atoms with Crippen LogP contribution in [-0.2, 0) is 11.2 Å². The van der Waals surface area contributed by atoms with Gasteiger partial charge in [-0.25, -0.2) is 5.43 Å². The zero-order valence-electron chi connectivity index (χ0n) is 13.4. The quantitative estimate of drug-likeness (QED) is 0.465. The Kier molecular flexibility index (Phi) is 6.47. The zero-order chi connectivity index (χ0) is 18.2. The van der Waals surface area contributed by atoms with Crippen LogP contribution in [0.15, 0.2) is 47.6 Å². The van der Waals surface area contributed by atoms with Crippen LogP contribution in [0.3, 0.4) is 0 Å². The van der Waals surface area contributed by atoms with E-state index in [1.807, 2.05) is 6.92 Å². The molecule has 0 saturated heterocycles. The molecule has 8 heteroatoms. The fourth-order valence-electron chi connectivity index (χ4n) is 1.99. The molecule has 0 radical (unpaired) electrons. The lowest BCUT2D eigenvalue weighted by Crippen LogP contribution is -2.24. The van der Waals surface area contributed by atoms with Crippen molar-refractivity contribution in [2.45, 2.75) is 13.3 Å². The summed E-state index contributed by atoms with van der Waals surface area (Å²) >= 11 is 5.84. The van der Waals surface area contributed by atoms with Gasteiger partial charge in [0.1, 0.15) is 0 Å². The molecule has 0 saturated carbocycles. The summed E-state index contributed by atoms with van der Waals surface area (Å²) in [4.78, 5) is 22.3. The van der Waals surface area contributed by atoms with Crippen molar-refractivity contribution in [1.29, 1.82) is 0 Å². The molecule has 0 aromatic heterocycles. The van der Waals surface area contributed by atoms with E-state index in [0.29, 0.717) is 11.4 Å². The SMILES string of the molecule is CCc1ccc(OCC(=O)N/N=C/c2cccc(Cl)c2)c([N+](=O)[O-])c1. The Bertz CT molecular complexity index is 808. The Labute approximate surface area is 149 Å². The minimum absolute atomic E-state index is 0.0381. The Hall–Kier alpha value is -2.93.